The summed E-state index contributed by atoms with van der Waals surface area (Å²) in [6.07, 6.45) is -0.0369. The Morgan fingerprint density at radius 1 is 1.14 bits per heavy atom. The molecule has 2 aromatic rings. The molecule has 5 nitrogen and oxygen atoms in total. The Hall–Kier alpha value is -2.70. The number of hydrogen-bond acceptors (Lipinski definition) is 4. The second kappa shape index (κ2) is 8.76. The van der Waals surface area contributed by atoms with E-state index in [-0.39, 0.29) is 30.6 Å². The first-order valence-corrected chi connectivity index (χ1v) is 9.58. The van der Waals surface area contributed by atoms with E-state index in [2.05, 4.69) is 0 Å². The highest BCUT2D eigenvalue weighted by molar-refractivity contribution is 6.46. The summed E-state index contributed by atoms with van der Waals surface area (Å²) in [6.45, 7) is 4.11. The van der Waals surface area contributed by atoms with Crippen LogP contribution in [0, 0.1) is 5.82 Å². The topological polar surface area (TPSA) is 66.8 Å². The first-order valence-electron chi connectivity index (χ1n) is 9.21. The molecule has 1 saturated heterocycles. The highest BCUT2D eigenvalue weighted by Crippen LogP contribution is 2.39. The number of hydrogen-bond donors (Lipinski definition) is 1. The molecule has 0 saturated carbocycles. The van der Waals surface area contributed by atoms with Crippen molar-refractivity contribution in [3.63, 3.8) is 0 Å². The van der Waals surface area contributed by atoms with Crippen LogP contribution in [-0.4, -0.2) is 41.0 Å². The van der Waals surface area contributed by atoms with E-state index in [0.29, 0.717) is 16.1 Å². The van der Waals surface area contributed by atoms with E-state index in [1.807, 2.05) is 13.8 Å². The minimum atomic E-state index is -0.845. The molecule has 0 aliphatic carbocycles. The Labute approximate surface area is 173 Å². The molecule has 7 heteroatoms. The molecular formula is C22H21ClFNO4. The molecule has 1 amide bonds. The van der Waals surface area contributed by atoms with Crippen LogP contribution < -0.4 is 0 Å². The fraction of sp³-hybridized carbons (Fsp3) is 0.273. The molecule has 0 bridgehead atoms. The summed E-state index contributed by atoms with van der Waals surface area (Å²) >= 11 is 5.90. The number of rotatable bonds is 6. The summed E-state index contributed by atoms with van der Waals surface area (Å²) in [6, 6.07) is 10.9. The second-order valence-electron chi connectivity index (χ2n) is 6.97. The van der Waals surface area contributed by atoms with Gasteiger partial charge in [-0.3, -0.25) is 9.59 Å². The summed E-state index contributed by atoms with van der Waals surface area (Å²) in [4.78, 5) is 26.9. The molecule has 0 radical (unpaired) electrons. The number of benzene rings is 2. The zero-order valence-electron chi connectivity index (χ0n) is 16.1. The maximum Gasteiger partial charge on any atom is 0.295 e. The smallest absolute Gasteiger partial charge is 0.295 e. The van der Waals surface area contributed by atoms with Gasteiger partial charge in [-0.15, -0.1) is 0 Å². The van der Waals surface area contributed by atoms with Gasteiger partial charge in [0.05, 0.1) is 24.3 Å². The molecule has 1 unspecified atom stereocenters. The van der Waals surface area contributed by atoms with E-state index in [4.69, 9.17) is 16.3 Å². The fourth-order valence-corrected chi connectivity index (χ4v) is 3.38. The molecule has 3 rings (SSSR count). The maximum absolute atomic E-state index is 13.4. The monoisotopic (exact) mass is 417 g/mol. The molecule has 0 aromatic heterocycles. The Bertz CT molecular complexity index is 938. The molecule has 0 spiro atoms. The van der Waals surface area contributed by atoms with Crippen LogP contribution in [0.15, 0.2) is 54.1 Å². The van der Waals surface area contributed by atoms with Gasteiger partial charge in [-0.05, 0) is 55.8 Å². The van der Waals surface area contributed by atoms with E-state index >= 15 is 0 Å². The highest BCUT2D eigenvalue weighted by Gasteiger charge is 2.45. The van der Waals surface area contributed by atoms with E-state index in [9.17, 15) is 19.1 Å². The molecule has 1 heterocycles. The van der Waals surface area contributed by atoms with Crippen molar-refractivity contribution >= 4 is 29.1 Å². The maximum atomic E-state index is 13.4. The number of ketones is 1. The minimum Gasteiger partial charge on any atom is -0.507 e. The lowest BCUT2D eigenvalue weighted by Gasteiger charge is -2.25. The van der Waals surface area contributed by atoms with Gasteiger partial charge in [-0.2, -0.15) is 0 Å². The van der Waals surface area contributed by atoms with Gasteiger partial charge in [0.1, 0.15) is 11.6 Å². The van der Waals surface area contributed by atoms with Gasteiger partial charge in [0.25, 0.3) is 11.7 Å². The molecule has 1 aliphatic rings. The largest absolute Gasteiger partial charge is 0.507 e. The number of aliphatic hydroxyl groups is 1. The minimum absolute atomic E-state index is 0.0369. The first-order chi connectivity index (χ1) is 13.8. The molecule has 152 valence electrons. The third kappa shape index (κ3) is 4.49. The molecule has 2 aromatic carbocycles. The lowest BCUT2D eigenvalue weighted by Crippen LogP contribution is -2.33. The number of halogens is 2. The Morgan fingerprint density at radius 2 is 1.76 bits per heavy atom. The summed E-state index contributed by atoms with van der Waals surface area (Å²) in [5.41, 5.74) is 0.831. The number of Topliss-reactive ketones (excluding diaryl/α,β-unsaturated/α-hetero) is 1. The van der Waals surface area contributed by atoms with E-state index in [1.54, 1.807) is 24.3 Å². The predicted octanol–water partition coefficient (Wildman–Crippen LogP) is 4.33. The number of ether oxygens (including phenoxy) is 1. The molecule has 29 heavy (non-hydrogen) atoms. The van der Waals surface area contributed by atoms with E-state index in [0.717, 1.165) is 0 Å². The Balaban J connectivity index is 2.07. The average Bonchev–Trinajstić information content (AvgIpc) is 2.93. The molecular weight excluding hydrogens is 397 g/mol. The summed E-state index contributed by atoms with van der Waals surface area (Å²) < 4.78 is 19.0. The van der Waals surface area contributed by atoms with Gasteiger partial charge in [0, 0.05) is 17.1 Å². The zero-order valence-corrected chi connectivity index (χ0v) is 16.8. The number of carbonyl (C=O) groups excluding carboxylic acids is 2. The number of carbonyl (C=O) groups is 2. The number of aliphatic hydroxyl groups excluding tert-OH is 1. The number of amides is 1. The van der Waals surface area contributed by atoms with Crippen molar-refractivity contribution in [2.24, 2.45) is 0 Å². The van der Waals surface area contributed by atoms with Gasteiger partial charge in [-0.25, -0.2) is 4.39 Å². The van der Waals surface area contributed by atoms with E-state index < -0.39 is 23.5 Å². The normalized spacial score (nSPS) is 18.7. The molecule has 1 atom stereocenters. The van der Waals surface area contributed by atoms with Gasteiger partial charge in [0.2, 0.25) is 0 Å². The highest BCUT2D eigenvalue weighted by atomic mass is 35.5. The summed E-state index contributed by atoms with van der Waals surface area (Å²) in [5.74, 6) is -2.27. The van der Waals surface area contributed by atoms with Crippen LogP contribution >= 0.6 is 11.6 Å². The standard InChI is InChI=1S/C22H21ClFNO4/c1-13(2)29-12-11-25-19(14-5-9-17(24)10-6-14)18(21(27)22(25)28)20(26)15-3-7-16(23)8-4-15/h3-10,13,19,26H,11-12H2,1-2H3/b20-18-. The SMILES string of the molecule is CC(C)OCCN1C(=O)C(=O)/C(=C(\O)c2ccc(Cl)cc2)C1c1ccc(F)cc1. The molecule has 1 N–H and O–H groups in total. The zero-order chi connectivity index (χ0) is 21.1. The van der Waals surface area contributed by atoms with Crippen LogP contribution in [0.1, 0.15) is 31.0 Å². The third-order valence-electron chi connectivity index (χ3n) is 4.63. The van der Waals surface area contributed by atoms with Crippen LogP contribution in [0.4, 0.5) is 4.39 Å². The summed E-state index contributed by atoms with van der Waals surface area (Å²) in [5, 5.41) is 11.3. The lowest BCUT2D eigenvalue weighted by atomic mass is 9.95. The van der Waals surface area contributed by atoms with Crippen molar-refractivity contribution in [3.8, 4) is 0 Å². The van der Waals surface area contributed by atoms with Crippen molar-refractivity contribution in [3.05, 3.63) is 76.1 Å². The van der Waals surface area contributed by atoms with Crippen molar-refractivity contribution in [1.29, 1.82) is 0 Å². The van der Waals surface area contributed by atoms with Crippen molar-refractivity contribution < 1.29 is 23.8 Å². The van der Waals surface area contributed by atoms with Crippen LogP contribution in [-0.2, 0) is 14.3 Å². The van der Waals surface area contributed by atoms with Crippen molar-refractivity contribution in [2.75, 3.05) is 13.2 Å². The number of nitrogens with zero attached hydrogens (tertiary/aromatic N) is 1. The fourth-order valence-electron chi connectivity index (χ4n) is 3.25. The lowest BCUT2D eigenvalue weighted by molar-refractivity contribution is -0.140. The van der Waals surface area contributed by atoms with Gasteiger partial charge >= 0.3 is 0 Å². The van der Waals surface area contributed by atoms with Gasteiger partial charge in [0.15, 0.2) is 0 Å². The van der Waals surface area contributed by atoms with Crippen molar-refractivity contribution in [1.82, 2.24) is 4.90 Å². The van der Waals surface area contributed by atoms with E-state index in [1.165, 1.54) is 29.2 Å². The number of likely N-dealkylation sites (tertiary alicyclic amines) is 1. The van der Waals surface area contributed by atoms with Gasteiger partial charge in [-0.1, -0.05) is 23.7 Å². The third-order valence-corrected chi connectivity index (χ3v) is 4.88. The van der Waals surface area contributed by atoms with Crippen molar-refractivity contribution in [2.45, 2.75) is 26.0 Å². The van der Waals surface area contributed by atoms with Crippen LogP contribution in [0.5, 0.6) is 0 Å². The second-order valence-corrected chi connectivity index (χ2v) is 7.41. The Morgan fingerprint density at radius 3 is 2.34 bits per heavy atom. The molecule has 1 aliphatic heterocycles. The average molecular weight is 418 g/mol. The summed E-state index contributed by atoms with van der Waals surface area (Å²) in [7, 11) is 0. The first kappa shape index (κ1) is 21.0. The van der Waals surface area contributed by atoms with Crippen LogP contribution in [0.25, 0.3) is 5.76 Å². The van der Waals surface area contributed by atoms with Crippen LogP contribution in [0.2, 0.25) is 5.02 Å². The van der Waals surface area contributed by atoms with Crippen LogP contribution in [0.3, 0.4) is 0 Å². The Kier molecular flexibility index (Phi) is 6.35. The molecule has 1 fully saturated rings. The van der Waals surface area contributed by atoms with Gasteiger partial charge < -0.3 is 14.7 Å². The quantitative estimate of drug-likeness (QED) is 0.431. The predicted molar refractivity (Wildman–Crippen MR) is 108 cm³/mol.